The van der Waals surface area contributed by atoms with E-state index in [9.17, 15) is 4.79 Å². The van der Waals surface area contributed by atoms with Gasteiger partial charge >= 0.3 is 5.97 Å². The highest BCUT2D eigenvalue weighted by Crippen LogP contribution is 2.27. The predicted octanol–water partition coefficient (Wildman–Crippen LogP) is 3.92. The van der Waals surface area contributed by atoms with E-state index in [1.165, 1.54) is 5.56 Å². The lowest BCUT2D eigenvalue weighted by Gasteiger charge is -2.16. The van der Waals surface area contributed by atoms with E-state index in [1.54, 1.807) is 7.11 Å². The van der Waals surface area contributed by atoms with E-state index in [4.69, 9.17) is 9.47 Å². The fourth-order valence-electron chi connectivity index (χ4n) is 2.09. The number of carbonyl (C=O) groups excluding carboxylic acids is 1. The second-order valence-corrected chi connectivity index (χ2v) is 4.68. The van der Waals surface area contributed by atoms with Crippen LogP contribution in [0, 0.1) is 0 Å². The summed E-state index contributed by atoms with van der Waals surface area (Å²) in [4.78, 5) is 11.7. The highest BCUT2D eigenvalue weighted by atomic mass is 16.5. The zero-order valence-corrected chi connectivity index (χ0v) is 12.1. The van der Waals surface area contributed by atoms with Crippen molar-refractivity contribution in [2.24, 2.45) is 0 Å². The van der Waals surface area contributed by atoms with E-state index in [0.717, 1.165) is 25.0 Å². The Bertz CT molecular complexity index is 370. The number of methoxy groups -OCH3 is 1. The molecule has 1 rings (SSSR count). The lowest BCUT2D eigenvalue weighted by molar-refractivity contribution is -0.144. The van der Waals surface area contributed by atoms with Gasteiger partial charge in [0.05, 0.1) is 20.1 Å². The molecular formula is C16H24O3. The van der Waals surface area contributed by atoms with Gasteiger partial charge in [0.25, 0.3) is 0 Å². The number of hydrogen-bond acceptors (Lipinski definition) is 3. The molecule has 1 atom stereocenters. The van der Waals surface area contributed by atoms with Crippen molar-refractivity contribution in [2.75, 3.05) is 13.7 Å². The van der Waals surface area contributed by atoms with E-state index >= 15 is 0 Å². The van der Waals surface area contributed by atoms with Crippen LogP contribution in [0.1, 0.15) is 51.0 Å². The molecule has 19 heavy (non-hydrogen) atoms. The number of hydrogen-bond donors (Lipinski definition) is 0. The number of rotatable bonds is 8. The number of carbonyl (C=O) groups is 1. The Morgan fingerprint density at radius 3 is 2.37 bits per heavy atom. The van der Waals surface area contributed by atoms with E-state index in [-0.39, 0.29) is 11.9 Å². The Balaban J connectivity index is 2.67. The van der Waals surface area contributed by atoms with Gasteiger partial charge in [-0.15, -0.1) is 0 Å². The van der Waals surface area contributed by atoms with Crippen molar-refractivity contribution in [3.05, 3.63) is 29.8 Å². The molecule has 0 aliphatic carbocycles. The van der Waals surface area contributed by atoms with Gasteiger partial charge in [-0.2, -0.15) is 0 Å². The summed E-state index contributed by atoms with van der Waals surface area (Å²) in [6.45, 7) is 4.65. The van der Waals surface area contributed by atoms with Crippen LogP contribution in [0.2, 0.25) is 0 Å². The fourth-order valence-corrected chi connectivity index (χ4v) is 2.09. The highest BCUT2D eigenvalue weighted by molar-refractivity contribution is 5.70. The molecule has 0 aromatic heterocycles. The van der Waals surface area contributed by atoms with Gasteiger partial charge in [-0.25, -0.2) is 0 Å². The van der Waals surface area contributed by atoms with Crippen molar-refractivity contribution in [1.82, 2.24) is 0 Å². The van der Waals surface area contributed by atoms with Gasteiger partial charge in [0.1, 0.15) is 5.75 Å². The zero-order valence-electron chi connectivity index (χ0n) is 12.1. The zero-order chi connectivity index (χ0) is 14.1. The van der Waals surface area contributed by atoms with E-state index < -0.39 is 0 Å². The van der Waals surface area contributed by atoms with Crippen LogP contribution in [-0.2, 0) is 9.53 Å². The number of ether oxygens (including phenoxy) is 2. The van der Waals surface area contributed by atoms with Crippen LogP contribution in [0.15, 0.2) is 24.3 Å². The maximum absolute atomic E-state index is 11.7. The Hall–Kier alpha value is -1.51. The molecule has 3 nitrogen and oxygen atoms in total. The fraction of sp³-hybridized carbons (Fsp3) is 0.562. The topological polar surface area (TPSA) is 35.5 Å². The van der Waals surface area contributed by atoms with Gasteiger partial charge in [0.15, 0.2) is 0 Å². The van der Waals surface area contributed by atoms with Crippen LogP contribution in [0.3, 0.4) is 0 Å². The van der Waals surface area contributed by atoms with Crippen molar-refractivity contribution in [2.45, 2.75) is 45.4 Å². The smallest absolute Gasteiger partial charge is 0.306 e. The highest BCUT2D eigenvalue weighted by Gasteiger charge is 2.16. The summed E-state index contributed by atoms with van der Waals surface area (Å²) in [5.74, 6) is 0.976. The van der Waals surface area contributed by atoms with Gasteiger partial charge in [-0.1, -0.05) is 32.4 Å². The number of esters is 1. The standard InChI is InChI=1S/C16H24O3/c1-4-6-14(12-16(17)19-11-5-2)13-7-9-15(18-3)10-8-13/h7-10,14H,4-6,11-12H2,1-3H3. The normalized spacial score (nSPS) is 11.9. The first-order valence-corrected chi connectivity index (χ1v) is 7.00. The average Bonchev–Trinajstić information content (AvgIpc) is 2.45. The molecule has 1 aromatic rings. The minimum absolute atomic E-state index is 0.101. The van der Waals surface area contributed by atoms with Crippen molar-refractivity contribution in [3.8, 4) is 5.75 Å². The van der Waals surface area contributed by atoms with Gasteiger partial charge in [0, 0.05) is 0 Å². The Morgan fingerprint density at radius 1 is 1.16 bits per heavy atom. The quantitative estimate of drug-likeness (QED) is 0.667. The molecule has 0 N–H and O–H groups in total. The first kappa shape index (κ1) is 15.5. The molecule has 0 amide bonds. The van der Waals surface area contributed by atoms with Crippen molar-refractivity contribution < 1.29 is 14.3 Å². The SMILES string of the molecule is CCCOC(=O)CC(CCC)c1ccc(OC)cc1. The summed E-state index contributed by atoms with van der Waals surface area (Å²) < 4.78 is 10.3. The summed E-state index contributed by atoms with van der Waals surface area (Å²) in [6, 6.07) is 7.95. The van der Waals surface area contributed by atoms with Crippen LogP contribution in [0.25, 0.3) is 0 Å². The third-order valence-electron chi connectivity index (χ3n) is 3.10. The summed E-state index contributed by atoms with van der Waals surface area (Å²) in [6.07, 6.45) is 3.37. The summed E-state index contributed by atoms with van der Waals surface area (Å²) in [5.41, 5.74) is 1.18. The molecule has 0 saturated heterocycles. The second-order valence-electron chi connectivity index (χ2n) is 4.68. The second kappa shape index (κ2) is 8.57. The first-order chi connectivity index (χ1) is 9.21. The molecule has 0 aliphatic heterocycles. The minimum atomic E-state index is -0.101. The molecule has 0 saturated carbocycles. The molecule has 0 aliphatic rings. The number of benzene rings is 1. The van der Waals surface area contributed by atoms with Crippen molar-refractivity contribution in [1.29, 1.82) is 0 Å². The molecular weight excluding hydrogens is 240 g/mol. The molecule has 0 bridgehead atoms. The molecule has 106 valence electrons. The van der Waals surface area contributed by atoms with Gasteiger partial charge < -0.3 is 9.47 Å². The molecule has 3 heteroatoms. The summed E-state index contributed by atoms with van der Waals surface area (Å²) in [5, 5.41) is 0. The molecule has 0 fully saturated rings. The Labute approximate surface area is 115 Å². The maximum atomic E-state index is 11.7. The molecule has 0 spiro atoms. The molecule has 0 radical (unpaired) electrons. The van der Waals surface area contributed by atoms with E-state index in [2.05, 4.69) is 6.92 Å². The van der Waals surface area contributed by atoms with Crippen molar-refractivity contribution >= 4 is 5.97 Å². The average molecular weight is 264 g/mol. The van der Waals surface area contributed by atoms with Crippen LogP contribution in [0.5, 0.6) is 5.75 Å². The van der Waals surface area contributed by atoms with Gasteiger partial charge in [0.2, 0.25) is 0 Å². The molecule has 0 heterocycles. The maximum Gasteiger partial charge on any atom is 0.306 e. The van der Waals surface area contributed by atoms with Gasteiger partial charge in [-0.3, -0.25) is 4.79 Å². The third kappa shape index (κ3) is 5.33. The first-order valence-electron chi connectivity index (χ1n) is 7.00. The Kier molecular flexibility index (Phi) is 7.01. The van der Waals surface area contributed by atoms with E-state index in [1.807, 2.05) is 31.2 Å². The Morgan fingerprint density at radius 2 is 1.84 bits per heavy atom. The predicted molar refractivity (Wildman–Crippen MR) is 76.5 cm³/mol. The lowest BCUT2D eigenvalue weighted by atomic mass is 9.91. The van der Waals surface area contributed by atoms with Gasteiger partial charge in [-0.05, 0) is 36.5 Å². The summed E-state index contributed by atoms with van der Waals surface area (Å²) in [7, 11) is 1.65. The molecule has 1 aromatic carbocycles. The largest absolute Gasteiger partial charge is 0.497 e. The van der Waals surface area contributed by atoms with Crippen LogP contribution in [-0.4, -0.2) is 19.7 Å². The van der Waals surface area contributed by atoms with Crippen LogP contribution in [0.4, 0.5) is 0 Å². The minimum Gasteiger partial charge on any atom is -0.497 e. The third-order valence-corrected chi connectivity index (χ3v) is 3.10. The van der Waals surface area contributed by atoms with Crippen molar-refractivity contribution in [3.63, 3.8) is 0 Å². The monoisotopic (exact) mass is 264 g/mol. The van der Waals surface area contributed by atoms with Crippen LogP contribution < -0.4 is 4.74 Å². The van der Waals surface area contributed by atoms with E-state index in [0.29, 0.717) is 13.0 Å². The molecule has 1 unspecified atom stereocenters. The lowest BCUT2D eigenvalue weighted by Crippen LogP contribution is -2.11. The summed E-state index contributed by atoms with van der Waals surface area (Å²) >= 11 is 0. The van der Waals surface area contributed by atoms with Crippen LogP contribution >= 0.6 is 0 Å².